The number of fused-ring (bicyclic) bond motifs is 1. The highest BCUT2D eigenvalue weighted by atomic mass is 16.5. The maximum atomic E-state index is 12.4. The minimum Gasteiger partial charge on any atom is -0.376 e. The largest absolute Gasteiger partial charge is 0.376 e. The van der Waals surface area contributed by atoms with Gasteiger partial charge in [0, 0.05) is 6.61 Å². The van der Waals surface area contributed by atoms with Gasteiger partial charge in [0.05, 0.1) is 24.5 Å². The molecule has 2 aliphatic heterocycles. The van der Waals surface area contributed by atoms with E-state index in [1.54, 1.807) is 0 Å². The predicted molar refractivity (Wildman–Crippen MR) is 65.6 cm³/mol. The third-order valence-electron chi connectivity index (χ3n) is 4.37. The first-order valence-corrected chi connectivity index (χ1v) is 6.82. The van der Waals surface area contributed by atoms with Crippen LogP contribution in [0, 0.1) is 17.8 Å². The van der Waals surface area contributed by atoms with Crippen LogP contribution in [0.2, 0.25) is 0 Å². The van der Waals surface area contributed by atoms with E-state index in [4.69, 9.17) is 4.74 Å². The molecule has 3 rings (SSSR count). The Kier molecular flexibility index (Phi) is 2.98. The maximum Gasteiger partial charge on any atom is 0.233 e. The Morgan fingerprint density at radius 3 is 2.89 bits per heavy atom. The van der Waals surface area contributed by atoms with E-state index in [0.717, 1.165) is 19.4 Å². The Morgan fingerprint density at radius 2 is 2.22 bits per heavy atom. The van der Waals surface area contributed by atoms with Gasteiger partial charge in [-0.05, 0) is 25.2 Å². The van der Waals surface area contributed by atoms with Crippen LogP contribution >= 0.6 is 0 Å². The van der Waals surface area contributed by atoms with Gasteiger partial charge in [0.25, 0.3) is 0 Å². The third kappa shape index (κ3) is 1.79. The zero-order valence-corrected chi connectivity index (χ0v) is 10.7. The Morgan fingerprint density at radius 1 is 1.39 bits per heavy atom. The molecule has 0 unspecified atom stereocenters. The monoisotopic (exact) mass is 249 g/mol. The minimum atomic E-state index is -0.135. The van der Waals surface area contributed by atoms with Crippen LogP contribution < -0.4 is 0 Å². The molecule has 2 amide bonds. The predicted octanol–water partition coefficient (Wildman–Crippen LogP) is 1.36. The van der Waals surface area contributed by atoms with Gasteiger partial charge in [-0.3, -0.25) is 14.5 Å². The summed E-state index contributed by atoms with van der Waals surface area (Å²) < 4.78 is 5.53. The Balaban J connectivity index is 1.76. The van der Waals surface area contributed by atoms with Crippen molar-refractivity contribution in [2.45, 2.75) is 32.3 Å². The summed E-state index contributed by atoms with van der Waals surface area (Å²) in [5, 5.41) is 0. The van der Waals surface area contributed by atoms with E-state index in [1.807, 2.05) is 13.0 Å². The molecule has 0 aromatic carbocycles. The fourth-order valence-electron chi connectivity index (χ4n) is 3.38. The molecule has 0 aromatic rings. The maximum absolute atomic E-state index is 12.4. The van der Waals surface area contributed by atoms with Crippen LogP contribution in [-0.2, 0) is 14.3 Å². The topological polar surface area (TPSA) is 46.6 Å². The van der Waals surface area contributed by atoms with Gasteiger partial charge in [-0.15, -0.1) is 0 Å². The summed E-state index contributed by atoms with van der Waals surface area (Å²) in [6.45, 7) is 3.23. The van der Waals surface area contributed by atoms with Crippen LogP contribution in [0.15, 0.2) is 12.2 Å². The molecular weight excluding hydrogens is 230 g/mol. The first-order valence-electron chi connectivity index (χ1n) is 6.82. The van der Waals surface area contributed by atoms with E-state index < -0.39 is 0 Å². The van der Waals surface area contributed by atoms with Crippen molar-refractivity contribution in [2.75, 3.05) is 13.2 Å². The molecule has 2 heterocycles. The van der Waals surface area contributed by atoms with Gasteiger partial charge in [0.15, 0.2) is 0 Å². The molecule has 0 bridgehead atoms. The molecule has 4 nitrogen and oxygen atoms in total. The number of carbonyl (C=O) groups excluding carboxylic acids is 2. The van der Waals surface area contributed by atoms with E-state index in [0.29, 0.717) is 13.0 Å². The molecule has 18 heavy (non-hydrogen) atoms. The molecule has 3 aliphatic rings. The molecule has 2 fully saturated rings. The van der Waals surface area contributed by atoms with Crippen LogP contribution in [0.5, 0.6) is 0 Å². The number of allylic oxidation sites excluding steroid dienone is 2. The standard InChI is InChI=1S/C14H19NO3/c1-9-4-2-6-11-12(9)14(17)15(13(11)16)8-10-5-3-7-18-10/h2,4,9-12H,3,5-8H2,1H3/t9-,10-,11+,12-/m1/s1. The summed E-state index contributed by atoms with van der Waals surface area (Å²) in [5.74, 6) is -0.0634. The first-order chi connectivity index (χ1) is 8.68. The second kappa shape index (κ2) is 4.50. The highest BCUT2D eigenvalue weighted by Gasteiger charge is 2.50. The van der Waals surface area contributed by atoms with E-state index >= 15 is 0 Å². The average Bonchev–Trinajstić information content (AvgIpc) is 2.94. The first kappa shape index (κ1) is 11.9. The molecule has 0 N–H and O–H groups in total. The fraction of sp³-hybridized carbons (Fsp3) is 0.714. The Hall–Kier alpha value is -1.16. The number of likely N-dealkylation sites (tertiary alicyclic amines) is 1. The summed E-state index contributed by atoms with van der Waals surface area (Å²) in [6.07, 6.45) is 6.85. The highest BCUT2D eigenvalue weighted by Crippen LogP contribution is 2.38. The second-order valence-electron chi connectivity index (χ2n) is 5.58. The normalized spacial score (nSPS) is 39.5. The Bertz CT molecular complexity index is 398. The van der Waals surface area contributed by atoms with Crippen LogP contribution in [0.3, 0.4) is 0 Å². The lowest BCUT2D eigenvalue weighted by molar-refractivity contribution is -0.141. The number of nitrogens with zero attached hydrogens (tertiary/aromatic N) is 1. The lowest BCUT2D eigenvalue weighted by Gasteiger charge is -2.22. The zero-order chi connectivity index (χ0) is 12.7. The molecule has 0 radical (unpaired) electrons. The molecule has 0 spiro atoms. The van der Waals surface area contributed by atoms with Gasteiger partial charge >= 0.3 is 0 Å². The fourth-order valence-corrected chi connectivity index (χ4v) is 3.38. The SMILES string of the molecule is C[C@@H]1C=CC[C@@H]2C(=O)N(C[C@H]3CCCO3)C(=O)[C@H]12. The smallest absolute Gasteiger partial charge is 0.233 e. The van der Waals surface area contributed by atoms with Gasteiger partial charge in [-0.1, -0.05) is 19.1 Å². The summed E-state index contributed by atoms with van der Waals surface area (Å²) in [6, 6.07) is 0. The minimum absolute atomic E-state index is 0.0108. The molecule has 0 saturated carbocycles. The number of carbonyl (C=O) groups is 2. The summed E-state index contributed by atoms with van der Waals surface area (Å²) in [5.41, 5.74) is 0. The highest BCUT2D eigenvalue weighted by molar-refractivity contribution is 6.05. The van der Waals surface area contributed by atoms with Gasteiger partial charge in [-0.2, -0.15) is 0 Å². The zero-order valence-electron chi connectivity index (χ0n) is 10.7. The summed E-state index contributed by atoms with van der Waals surface area (Å²) >= 11 is 0. The second-order valence-corrected chi connectivity index (χ2v) is 5.58. The molecule has 0 aromatic heterocycles. The van der Waals surface area contributed by atoms with Crippen molar-refractivity contribution in [3.63, 3.8) is 0 Å². The van der Waals surface area contributed by atoms with E-state index in [-0.39, 0.29) is 35.7 Å². The number of hydrogen-bond acceptors (Lipinski definition) is 3. The van der Waals surface area contributed by atoms with Gasteiger partial charge < -0.3 is 4.74 Å². The lowest BCUT2D eigenvalue weighted by atomic mass is 9.78. The Labute approximate surface area is 107 Å². The number of hydrogen-bond donors (Lipinski definition) is 0. The third-order valence-corrected chi connectivity index (χ3v) is 4.37. The lowest BCUT2D eigenvalue weighted by Crippen LogP contribution is -2.37. The molecule has 4 atom stereocenters. The number of amides is 2. The van der Waals surface area contributed by atoms with Crippen molar-refractivity contribution in [3.8, 4) is 0 Å². The van der Waals surface area contributed by atoms with Crippen LogP contribution in [0.1, 0.15) is 26.2 Å². The van der Waals surface area contributed by atoms with E-state index in [1.165, 1.54) is 4.90 Å². The van der Waals surface area contributed by atoms with Crippen molar-refractivity contribution >= 4 is 11.8 Å². The van der Waals surface area contributed by atoms with Crippen molar-refractivity contribution in [1.29, 1.82) is 0 Å². The molecule has 4 heteroatoms. The molecule has 1 aliphatic carbocycles. The molecule has 98 valence electrons. The van der Waals surface area contributed by atoms with Crippen molar-refractivity contribution in [1.82, 2.24) is 4.90 Å². The average molecular weight is 249 g/mol. The molecule has 2 saturated heterocycles. The van der Waals surface area contributed by atoms with Crippen molar-refractivity contribution in [3.05, 3.63) is 12.2 Å². The van der Waals surface area contributed by atoms with E-state index in [2.05, 4.69) is 6.08 Å². The van der Waals surface area contributed by atoms with Gasteiger partial charge in [0.1, 0.15) is 0 Å². The van der Waals surface area contributed by atoms with Crippen molar-refractivity contribution in [2.24, 2.45) is 17.8 Å². The van der Waals surface area contributed by atoms with Gasteiger partial charge in [0.2, 0.25) is 11.8 Å². The van der Waals surface area contributed by atoms with Crippen molar-refractivity contribution < 1.29 is 14.3 Å². The number of rotatable bonds is 2. The van der Waals surface area contributed by atoms with E-state index in [9.17, 15) is 9.59 Å². The van der Waals surface area contributed by atoms with Crippen LogP contribution in [0.25, 0.3) is 0 Å². The summed E-state index contributed by atoms with van der Waals surface area (Å²) in [4.78, 5) is 26.1. The van der Waals surface area contributed by atoms with Crippen LogP contribution in [0.4, 0.5) is 0 Å². The number of imide groups is 1. The quantitative estimate of drug-likeness (QED) is 0.548. The van der Waals surface area contributed by atoms with Crippen LogP contribution in [-0.4, -0.2) is 36.0 Å². The summed E-state index contributed by atoms with van der Waals surface area (Å²) in [7, 11) is 0. The number of ether oxygens (including phenoxy) is 1. The van der Waals surface area contributed by atoms with Gasteiger partial charge in [-0.25, -0.2) is 0 Å². The molecular formula is C14H19NO3.